The van der Waals surface area contributed by atoms with Gasteiger partial charge in [-0.05, 0) is 61.2 Å². The van der Waals surface area contributed by atoms with Crippen molar-refractivity contribution in [1.82, 2.24) is 4.90 Å². The molecule has 0 aliphatic carbocycles. The number of likely N-dealkylation sites (tertiary alicyclic amines) is 1. The Morgan fingerprint density at radius 3 is 2.41 bits per heavy atom. The molecule has 0 bridgehead atoms. The molecule has 0 spiro atoms. The van der Waals surface area contributed by atoms with Crippen molar-refractivity contribution in [3.63, 3.8) is 0 Å². The Hall–Kier alpha value is -2.82. The second kappa shape index (κ2) is 8.71. The van der Waals surface area contributed by atoms with Crippen molar-refractivity contribution in [3.8, 4) is 5.75 Å². The number of anilines is 1. The third-order valence-corrected chi connectivity index (χ3v) is 4.46. The lowest BCUT2D eigenvalue weighted by Gasteiger charge is -2.16. The maximum Gasteiger partial charge on any atom is 0.255 e. The summed E-state index contributed by atoms with van der Waals surface area (Å²) in [6.07, 6.45) is 2.11. The zero-order chi connectivity index (χ0) is 19.2. The Morgan fingerprint density at radius 1 is 1.04 bits per heavy atom. The Labute approximate surface area is 160 Å². The van der Waals surface area contributed by atoms with Gasteiger partial charge in [-0.15, -0.1) is 0 Å². The van der Waals surface area contributed by atoms with Crippen LogP contribution in [-0.2, 0) is 0 Å². The maximum absolute atomic E-state index is 12.5. The van der Waals surface area contributed by atoms with Crippen molar-refractivity contribution in [3.05, 3.63) is 59.7 Å². The van der Waals surface area contributed by atoms with Crippen molar-refractivity contribution in [2.24, 2.45) is 5.92 Å². The number of nitrogens with zero attached hydrogens (tertiary/aromatic N) is 1. The molecule has 0 saturated carbocycles. The summed E-state index contributed by atoms with van der Waals surface area (Å²) >= 11 is 0. The molecule has 1 fully saturated rings. The molecule has 1 heterocycles. The zero-order valence-corrected chi connectivity index (χ0v) is 15.9. The van der Waals surface area contributed by atoms with E-state index in [1.807, 2.05) is 4.90 Å². The topological polar surface area (TPSA) is 58.6 Å². The first-order chi connectivity index (χ1) is 13.0. The summed E-state index contributed by atoms with van der Waals surface area (Å²) in [5.41, 5.74) is 1.76. The van der Waals surface area contributed by atoms with Gasteiger partial charge in [0.15, 0.2) is 0 Å². The van der Waals surface area contributed by atoms with E-state index in [2.05, 4.69) is 19.2 Å². The summed E-state index contributed by atoms with van der Waals surface area (Å²) < 4.78 is 5.64. The standard InChI is InChI=1S/C22H26N2O3/c1-16(2)15-27-20-10-8-17(9-11-20)21(25)23-19-7-5-6-18(14-19)22(26)24-12-3-4-13-24/h5-11,14,16H,3-4,12-13,15H2,1-2H3,(H,23,25). The van der Waals surface area contributed by atoms with Crippen LogP contribution in [0.25, 0.3) is 0 Å². The minimum Gasteiger partial charge on any atom is -0.493 e. The zero-order valence-electron chi connectivity index (χ0n) is 15.9. The highest BCUT2D eigenvalue weighted by Crippen LogP contribution is 2.18. The molecule has 0 aromatic heterocycles. The van der Waals surface area contributed by atoms with Crippen LogP contribution in [0.15, 0.2) is 48.5 Å². The van der Waals surface area contributed by atoms with Crippen molar-refractivity contribution >= 4 is 17.5 Å². The van der Waals surface area contributed by atoms with Gasteiger partial charge in [-0.2, -0.15) is 0 Å². The molecule has 5 nitrogen and oxygen atoms in total. The molecule has 2 amide bonds. The predicted molar refractivity (Wildman–Crippen MR) is 106 cm³/mol. The van der Waals surface area contributed by atoms with E-state index < -0.39 is 0 Å². The van der Waals surface area contributed by atoms with Crippen LogP contribution in [0.2, 0.25) is 0 Å². The molecule has 1 aliphatic rings. The summed E-state index contributed by atoms with van der Waals surface area (Å²) in [6, 6.07) is 14.2. The quantitative estimate of drug-likeness (QED) is 0.833. The monoisotopic (exact) mass is 366 g/mol. The van der Waals surface area contributed by atoms with Gasteiger partial charge in [0.2, 0.25) is 0 Å². The van der Waals surface area contributed by atoms with E-state index in [9.17, 15) is 9.59 Å². The lowest BCUT2D eigenvalue weighted by atomic mass is 10.1. The maximum atomic E-state index is 12.5. The molecular formula is C22H26N2O3. The largest absolute Gasteiger partial charge is 0.493 e. The second-order valence-corrected chi connectivity index (χ2v) is 7.26. The van der Waals surface area contributed by atoms with Crippen molar-refractivity contribution in [1.29, 1.82) is 0 Å². The summed E-state index contributed by atoms with van der Waals surface area (Å²) in [5.74, 6) is 1.01. The van der Waals surface area contributed by atoms with Gasteiger partial charge in [0.1, 0.15) is 5.75 Å². The number of hydrogen-bond donors (Lipinski definition) is 1. The van der Waals surface area contributed by atoms with Gasteiger partial charge >= 0.3 is 0 Å². The Bertz CT molecular complexity index is 793. The Balaban J connectivity index is 1.63. The highest BCUT2D eigenvalue weighted by atomic mass is 16.5. The minimum absolute atomic E-state index is 0.0234. The molecule has 2 aromatic rings. The van der Waals surface area contributed by atoms with Crippen LogP contribution in [0.4, 0.5) is 5.69 Å². The first-order valence-electron chi connectivity index (χ1n) is 9.46. The average molecular weight is 366 g/mol. The van der Waals surface area contributed by atoms with E-state index in [0.717, 1.165) is 31.7 Å². The predicted octanol–water partition coefficient (Wildman–Crippen LogP) is 4.21. The highest BCUT2D eigenvalue weighted by molar-refractivity contribution is 6.05. The van der Waals surface area contributed by atoms with Gasteiger partial charge in [-0.25, -0.2) is 0 Å². The normalized spacial score (nSPS) is 13.7. The van der Waals surface area contributed by atoms with Crippen molar-refractivity contribution in [2.45, 2.75) is 26.7 Å². The fourth-order valence-corrected chi connectivity index (χ4v) is 3.00. The van der Waals surface area contributed by atoms with Gasteiger partial charge < -0.3 is 15.0 Å². The Morgan fingerprint density at radius 2 is 1.74 bits per heavy atom. The summed E-state index contributed by atoms with van der Waals surface area (Å²) in [6.45, 7) is 6.43. The molecule has 27 heavy (non-hydrogen) atoms. The first kappa shape index (κ1) is 19.0. The Kier molecular flexibility index (Phi) is 6.12. The van der Waals surface area contributed by atoms with Crippen LogP contribution in [-0.4, -0.2) is 36.4 Å². The fourth-order valence-electron chi connectivity index (χ4n) is 3.00. The van der Waals surface area contributed by atoms with Crippen LogP contribution in [0.5, 0.6) is 5.75 Å². The molecule has 0 radical (unpaired) electrons. The van der Waals surface area contributed by atoms with Gasteiger partial charge in [0.05, 0.1) is 6.61 Å². The summed E-state index contributed by atoms with van der Waals surface area (Å²) in [7, 11) is 0. The molecule has 1 N–H and O–H groups in total. The molecule has 1 aliphatic heterocycles. The van der Waals surface area contributed by atoms with Gasteiger partial charge in [0, 0.05) is 29.9 Å². The average Bonchev–Trinajstić information content (AvgIpc) is 3.21. The van der Waals surface area contributed by atoms with E-state index in [1.54, 1.807) is 48.5 Å². The number of carbonyl (C=O) groups is 2. The van der Waals surface area contributed by atoms with E-state index in [1.165, 1.54) is 0 Å². The third-order valence-electron chi connectivity index (χ3n) is 4.46. The molecule has 2 aromatic carbocycles. The third kappa shape index (κ3) is 5.09. The second-order valence-electron chi connectivity index (χ2n) is 7.26. The number of amides is 2. The highest BCUT2D eigenvalue weighted by Gasteiger charge is 2.19. The van der Waals surface area contributed by atoms with E-state index in [4.69, 9.17) is 4.74 Å². The van der Waals surface area contributed by atoms with Crippen molar-refractivity contribution in [2.75, 3.05) is 25.0 Å². The smallest absolute Gasteiger partial charge is 0.255 e. The lowest BCUT2D eigenvalue weighted by Crippen LogP contribution is -2.27. The molecule has 1 saturated heterocycles. The van der Waals surface area contributed by atoms with E-state index in [0.29, 0.717) is 29.3 Å². The molecule has 0 unspecified atom stereocenters. The number of rotatable bonds is 6. The summed E-state index contributed by atoms with van der Waals surface area (Å²) in [4.78, 5) is 26.8. The number of carbonyl (C=O) groups excluding carboxylic acids is 2. The van der Waals surface area contributed by atoms with Crippen LogP contribution >= 0.6 is 0 Å². The lowest BCUT2D eigenvalue weighted by molar-refractivity contribution is 0.0792. The number of hydrogen-bond acceptors (Lipinski definition) is 3. The molecule has 3 rings (SSSR count). The fraction of sp³-hybridized carbons (Fsp3) is 0.364. The SMILES string of the molecule is CC(C)COc1ccc(C(=O)Nc2cccc(C(=O)N3CCCC3)c2)cc1. The van der Waals surface area contributed by atoms with E-state index in [-0.39, 0.29) is 11.8 Å². The number of nitrogens with one attached hydrogen (secondary N) is 1. The molecular weight excluding hydrogens is 340 g/mol. The molecule has 0 atom stereocenters. The summed E-state index contributed by atoms with van der Waals surface area (Å²) in [5, 5.41) is 2.86. The van der Waals surface area contributed by atoms with Gasteiger partial charge in [-0.1, -0.05) is 19.9 Å². The number of benzene rings is 2. The van der Waals surface area contributed by atoms with Crippen LogP contribution in [0.3, 0.4) is 0 Å². The van der Waals surface area contributed by atoms with Gasteiger partial charge in [-0.3, -0.25) is 9.59 Å². The van der Waals surface area contributed by atoms with E-state index >= 15 is 0 Å². The van der Waals surface area contributed by atoms with Crippen molar-refractivity contribution < 1.29 is 14.3 Å². The molecule has 5 heteroatoms. The van der Waals surface area contributed by atoms with Crippen LogP contribution in [0, 0.1) is 5.92 Å². The van der Waals surface area contributed by atoms with Crippen LogP contribution in [0.1, 0.15) is 47.4 Å². The van der Waals surface area contributed by atoms with Gasteiger partial charge in [0.25, 0.3) is 11.8 Å². The minimum atomic E-state index is -0.212. The first-order valence-corrected chi connectivity index (χ1v) is 9.46. The molecule has 142 valence electrons. The van der Waals surface area contributed by atoms with Crippen LogP contribution < -0.4 is 10.1 Å². The number of ether oxygens (including phenoxy) is 1.